The number of anilines is 2. The van der Waals surface area contributed by atoms with E-state index < -0.39 is 23.5 Å². The monoisotopic (exact) mass is 477 g/mol. The topological polar surface area (TPSA) is 116 Å². The van der Waals surface area contributed by atoms with Crippen LogP contribution in [0, 0.1) is 11.3 Å². The Bertz CT molecular complexity index is 1360. The second-order valence-electron chi connectivity index (χ2n) is 6.22. The van der Waals surface area contributed by atoms with Crippen molar-refractivity contribution in [3.8, 4) is 6.07 Å². The van der Waals surface area contributed by atoms with Crippen molar-refractivity contribution in [3.05, 3.63) is 55.6 Å². The van der Waals surface area contributed by atoms with E-state index in [0.717, 1.165) is 11.3 Å². The standard InChI is InChI=1S/C21H18F3N5O3S/c1-3-26-18(30)13(12-25)10-17-29(4-2)19(31)16(33-17)8-9-27-14-6-5-7-15(11-14)28-20(32)21(22,23)24/h5-7,9,11,27H,3-4H2,1-2H3,(H,26,30)(H,28,32). The summed E-state index contributed by atoms with van der Waals surface area (Å²) < 4.78 is 38.9. The van der Waals surface area contributed by atoms with Crippen molar-refractivity contribution in [2.24, 2.45) is 0 Å². The fourth-order valence-electron chi connectivity index (χ4n) is 2.45. The number of halogens is 3. The molecule has 172 valence electrons. The number of amides is 2. The van der Waals surface area contributed by atoms with Crippen LogP contribution in [0.25, 0.3) is 11.5 Å². The van der Waals surface area contributed by atoms with Crippen molar-refractivity contribution in [1.29, 1.82) is 5.26 Å². The molecule has 0 saturated heterocycles. The van der Waals surface area contributed by atoms with Gasteiger partial charge in [0.15, 0.2) is 5.57 Å². The smallest absolute Gasteiger partial charge is 0.355 e. The summed E-state index contributed by atoms with van der Waals surface area (Å²) in [7, 11) is 0. The zero-order chi connectivity index (χ0) is 24.6. The highest BCUT2D eigenvalue weighted by molar-refractivity contribution is 7.07. The maximum Gasteiger partial charge on any atom is 0.471 e. The van der Waals surface area contributed by atoms with Gasteiger partial charge in [-0.1, -0.05) is 28.9 Å². The molecular formula is C21H18F3N5O3S. The summed E-state index contributed by atoms with van der Waals surface area (Å²) in [6, 6.07) is 7.28. The van der Waals surface area contributed by atoms with E-state index in [0.29, 0.717) is 12.2 Å². The largest absolute Gasteiger partial charge is 0.471 e. The lowest BCUT2D eigenvalue weighted by molar-refractivity contribution is -0.167. The molecule has 0 fully saturated rings. The summed E-state index contributed by atoms with van der Waals surface area (Å²) in [5, 5.41) is 16.2. The highest BCUT2D eigenvalue weighted by Crippen LogP contribution is 2.20. The molecular weight excluding hydrogens is 459 g/mol. The van der Waals surface area contributed by atoms with E-state index in [1.54, 1.807) is 25.2 Å². The molecule has 0 aliphatic carbocycles. The first kappa shape index (κ1) is 25.2. The summed E-state index contributed by atoms with van der Waals surface area (Å²) in [5.74, 6) is -2.70. The molecule has 0 spiro atoms. The van der Waals surface area contributed by atoms with Gasteiger partial charge in [-0.25, -0.2) is 0 Å². The maximum absolute atomic E-state index is 12.6. The number of nitriles is 1. The Morgan fingerprint density at radius 3 is 2.55 bits per heavy atom. The van der Waals surface area contributed by atoms with Gasteiger partial charge in [0.2, 0.25) is 0 Å². The van der Waals surface area contributed by atoms with Crippen LogP contribution in [0.15, 0.2) is 40.8 Å². The zero-order valence-electron chi connectivity index (χ0n) is 17.5. The van der Waals surface area contributed by atoms with Crippen molar-refractivity contribution in [2.45, 2.75) is 26.6 Å². The molecule has 2 aromatic rings. The molecule has 0 atom stereocenters. The van der Waals surface area contributed by atoms with Crippen molar-refractivity contribution in [2.75, 3.05) is 17.2 Å². The number of hydrogen-bond donors (Lipinski definition) is 3. The maximum atomic E-state index is 12.6. The van der Waals surface area contributed by atoms with Gasteiger partial charge in [-0.05, 0) is 32.0 Å². The Hall–Kier alpha value is -4.03. The number of nitrogens with one attached hydrogen (secondary N) is 3. The minimum atomic E-state index is -5.01. The summed E-state index contributed by atoms with van der Waals surface area (Å²) in [6.45, 7) is 4.00. The third-order valence-electron chi connectivity index (χ3n) is 3.93. The van der Waals surface area contributed by atoms with E-state index in [2.05, 4.69) is 22.1 Å². The second-order valence-corrected chi connectivity index (χ2v) is 7.22. The molecule has 12 heteroatoms. The average Bonchev–Trinajstić information content (AvgIpc) is 3.05. The van der Waals surface area contributed by atoms with E-state index in [-0.39, 0.29) is 27.0 Å². The van der Waals surface area contributed by atoms with Gasteiger partial charge in [-0.2, -0.15) is 18.4 Å². The Labute approximate surface area is 189 Å². The van der Waals surface area contributed by atoms with Crippen LogP contribution in [0.3, 0.4) is 0 Å². The van der Waals surface area contributed by atoms with Crippen molar-refractivity contribution in [1.82, 2.24) is 9.88 Å². The number of benzene rings is 1. The van der Waals surface area contributed by atoms with Gasteiger partial charge in [-0.3, -0.25) is 19.0 Å². The second kappa shape index (κ2) is 11.0. The Morgan fingerprint density at radius 1 is 1.24 bits per heavy atom. The fraction of sp³-hybridized carbons (Fsp3) is 0.238. The molecule has 8 nitrogen and oxygen atoms in total. The van der Waals surface area contributed by atoms with Crippen molar-refractivity contribution >= 4 is 46.0 Å². The van der Waals surface area contributed by atoms with E-state index >= 15 is 0 Å². The van der Waals surface area contributed by atoms with Crippen molar-refractivity contribution in [3.63, 3.8) is 0 Å². The molecule has 0 radical (unpaired) electrons. The molecule has 0 bridgehead atoms. The number of carbonyl (C=O) groups excluding carboxylic acids is 2. The highest BCUT2D eigenvalue weighted by Gasteiger charge is 2.38. The molecule has 1 aromatic heterocycles. The number of likely N-dealkylation sites (N-methyl/N-ethyl adjacent to an activating group) is 1. The molecule has 3 N–H and O–H groups in total. The molecule has 0 aliphatic rings. The number of alkyl halides is 3. The summed E-state index contributed by atoms with van der Waals surface area (Å²) in [4.78, 5) is 35.5. The number of thiazole rings is 1. The minimum Gasteiger partial charge on any atom is -0.355 e. The van der Waals surface area contributed by atoms with E-state index in [1.165, 1.54) is 35.0 Å². The third kappa shape index (κ3) is 6.72. The van der Waals surface area contributed by atoms with E-state index in [1.807, 2.05) is 0 Å². The molecule has 0 saturated carbocycles. The van der Waals surface area contributed by atoms with E-state index in [9.17, 15) is 32.8 Å². The normalized spacial score (nSPS) is 10.3. The lowest BCUT2D eigenvalue weighted by Gasteiger charge is -2.09. The van der Waals surface area contributed by atoms with Crippen molar-refractivity contribution < 1.29 is 22.8 Å². The van der Waals surface area contributed by atoms with Gasteiger partial charge in [0.25, 0.3) is 11.5 Å². The number of hydrogen-bond acceptors (Lipinski definition) is 6. The Kier molecular flexibility index (Phi) is 8.42. The van der Waals surface area contributed by atoms with Crippen LogP contribution in [-0.4, -0.2) is 29.1 Å². The van der Waals surface area contributed by atoms with E-state index in [4.69, 9.17) is 0 Å². The predicted octanol–water partition coefficient (Wildman–Crippen LogP) is 1.40. The quantitative estimate of drug-likeness (QED) is 0.430. The SMILES string of the molecule is CCNC(=O)C(=C=c1sc(=C=CNc2cccc(NC(=O)C(F)(F)F)c2)c(=O)n1CC)C#N. The Morgan fingerprint density at radius 2 is 1.94 bits per heavy atom. The van der Waals surface area contributed by atoms with Crippen LogP contribution in [-0.2, 0) is 16.1 Å². The average molecular weight is 477 g/mol. The van der Waals surface area contributed by atoms with Crippen LogP contribution >= 0.6 is 11.3 Å². The molecule has 0 aliphatic heterocycles. The lowest BCUT2D eigenvalue weighted by Crippen LogP contribution is -2.30. The molecule has 2 amide bonds. The Balaban J connectivity index is 2.43. The number of carbonyl (C=O) groups is 2. The van der Waals surface area contributed by atoms with Crippen LogP contribution in [0.4, 0.5) is 24.5 Å². The number of aromatic nitrogens is 1. The van der Waals surface area contributed by atoms with Gasteiger partial charge in [-0.15, -0.1) is 0 Å². The first-order valence-electron chi connectivity index (χ1n) is 9.49. The lowest BCUT2D eigenvalue weighted by atomic mass is 10.2. The van der Waals surface area contributed by atoms with Gasteiger partial charge in [0.05, 0.1) is 0 Å². The summed E-state index contributed by atoms with van der Waals surface area (Å²) in [5.41, 5.74) is 4.97. The van der Waals surface area contributed by atoms with Crippen LogP contribution in [0.2, 0.25) is 0 Å². The first-order chi connectivity index (χ1) is 15.6. The highest BCUT2D eigenvalue weighted by atomic mass is 32.1. The zero-order valence-corrected chi connectivity index (χ0v) is 18.3. The molecule has 1 heterocycles. The summed E-state index contributed by atoms with van der Waals surface area (Å²) in [6.07, 6.45) is -3.73. The predicted molar refractivity (Wildman–Crippen MR) is 117 cm³/mol. The molecule has 1 aromatic carbocycles. The summed E-state index contributed by atoms with van der Waals surface area (Å²) >= 11 is 0.962. The molecule has 0 unspecified atom stereocenters. The van der Waals surface area contributed by atoms with Crippen LogP contribution in [0.1, 0.15) is 13.8 Å². The van der Waals surface area contributed by atoms with Crippen LogP contribution in [0.5, 0.6) is 0 Å². The van der Waals surface area contributed by atoms with Gasteiger partial charge in [0.1, 0.15) is 15.3 Å². The first-order valence-corrected chi connectivity index (χ1v) is 10.3. The minimum absolute atomic E-state index is 0.0726. The van der Waals surface area contributed by atoms with Gasteiger partial charge in [0, 0.05) is 30.7 Å². The van der Waals surface area contributed by atoms with Gasteiger partial charge < -0.3 is 16.0 Å². The van der Waals surface area contributed by atoms with Gasteiger partial charge >= 0.3 is 12.1 Å². The number of rotatable bonds is 6. The van der Waals surface area contributed by atoms with Crippen LogP contribution < -0.4 is 30.7 Å². The fourth-order valence-corrected chi connectivity index (χ4v) is 3.43. The molecule has 33 heavy (non-hydrogen) atoms. The third-order valence-corrected chi connectivity index (χ3v) is 4.94. The number of nitrogens with zero attached hydrogens (tertiary/aromatic N) is 2. The molecule has 2 rings (SSSR count).